The maximum absolute atomic E-state index is 5.67. The molecule has 23 heavy (non-hydrogen) atoms. The molecule has 4 heteroatoms. The summed E-state index contributed by atoms with van der Waals surface area (Å²) in [5, 5.41) is 2.09. The van der Waals surface area contributed by atoms with Gasteiger partial charge >= 0.3 is 0 Å². The minimum Gasteiger partial charge on any atom is -0.496 e. The number of benzene rings is 1. The molecule has 1 aliphatic heterocycles. The molecule has 0 saturated heterocycles. The summed E-state index contributed by atoms with van der Waals surface area (Å²) in [6, 6.07) is 8.07. The van der Waals surface area contributed by atoms with Crippen LogP contribution in [0.25, 0.3) is 10.8 Å². The summed E-state index contributed by atoms with van der Waals surface area (Å²) in [6.45, 7) is 0.643. The number of pyridine rings is 1. The Labute approximate surface area is 136 Å². The molecule has 0 bridgehead atoms. The van der Waals surface area contributed by atoms with Crippen LogP contribution in [0.2, 0.25) is 0 Å². The smallest absolute Gasteiger partial charge is 0.129 e. The van der Waals surface area contributed by atoms with Crippen molar-refractivity contribution in [3.8, 4) is 18.1 Å². The van der Waals surface area contributed by atoms with Gasteiger partial charge in [0.15, 0.2) is 0 Å². The van der Waals surface area contributed by atoms with Gasteiger partial charge in [0, 0.05) is 36.8 Å². The van der Waals surface area contributed by atoms with Gasteiger partial charge in [0.1, 0.15) is 11.6 Å². The lowest BCUT2D eigenvalue weighted by atomic mass is 10.1. The zero-order chi connectivity index (χ0) is 16.2. The highest BCUT2D eigenvalue weighted by atomic mass is 16.5. The molecule has 2 aromatic rings. The molecule has 1 unspecified atom stereocenters. The van der Waals surface area contributed by atoms with Crippen LogP contribution < -0.4 is 9.64 Å². The minimum atomic E-state index is 0.0364. The Balaban J connectivity index is 1.99. The van der Waals surface area contributed by atoms with Gasteiger partial charge < -0.3 is 9.64 Å². The molecule has 0 spiro atoms. The first-order valence-electron chi connectivity index (χ1n) is 7.55. The molecule has 0 N–H and O–H groups in total. The molecule has 4 nitrogen and oxygen atoms in total. The lowest BCUT2D eigenvalue weighted by Crippen LogP contribution is -2.35. The van der Waals surface area contributed by atoms with Crippen LogP contribution in [-0.4, -0.2) is 37.9 Å². The lowest BCUT2D eigenvalue weighted by Gasteiger charge is -2.28. The van der Waals surface area contributed by atoms with Gasteiger partial charge in [0.25, 0.3) is 0 Å². The summed E-state index contributed by atoms with van der Waals surface area (Å²) in [5.41, 5.74) is 0.956. The third kappa shape index (κ3) is 2.91. The van der Waals surface area contributed by atoms with Crippen LogP contribution in [0.4, 0.5) is 5.82 Å². The molecule has 1 aliphatic rings. The second kappa shape index (κ2) is 6.53. The number of likely N-dealkylation sites (N-methyl/N-ethyl adjacent to an activating group) is 1. The number of aliphatic imine (C=N–C) groups is 1. The van der Waals surface area contributed by atoms with E-state index in [4.69, 9.17) is 11.2 Å². The molecule has 1 aromatic heterocycles. The van der Waals surface area contributed by atoms with Crippen molar-refractivity contribution in [2.24, 2.45) is 4.99 Å². The van der Waals surface area contributed by atoms with Crippen molar-refractivity contribution >= 4 is 22.8 Å². The predicted octanol–water partition coefficient (Wildman–Crippen LogP) is 3.08. The van der Waals surface area contributed by atoms with Crippen molar-refractivity contribution in [3.05, 3.63) is 42.1 Å². The van der Waals surface area contributed by atoms with Gasteiger partial charge in [-0.25, -0.2) is 4.98 Å². The zero-order valence-corrected chi connectivity index (χ0v) is 13.4. The first-order valence-corrected chi connectivity index (χ1v) is 7.55. The summed E-state index contributed by atoms with van der Waals surface area (Å²) in [6.07, 6.45) is 12.3. The van der Waals surface area contributed by atoms with E-state index in [-0.39, 0.29) is 6.04 Å². The molecular formula is C19H19N3O. The van der Waals surface area contributed by atoms with Crippen molar-refractivity contribution in [1.82, 2.24) is 4.98 Å². The summed E-state index contributed by atoms with van der Waals surface area (Å²) >= 11 is 0. The minimum absolute atomic E-state index is 0.0364. The second-order valence-corrected chi connectivity index (χ2v) is 5.44. The summed E-state index contributed by atoms with van der Waals surface area (Å²) in [5.74, 6) is 4.49. The average molecular weight is 305 g/mol. The van der Waals surface area contributed by atoms with E-state index in [1.165, 1.54) is 0 Å². The molecule has 1 atom stereocenters. The number of ether oxygens (including phenoxy) is 1. The van der Waals surface area contributed by atoms with Crippen LogP contribution in [-0.2, 0) is 0 Å². The van der Waals surface area contributed by atoms with E-state index < -0.39 is 0 Å². The van der Waals surface area contributed by atoms with E-state index in [1.807, 2.05) is 31.6 Å². The van der Waals surface area contributed by atoms with E-state index in [0.717, 1.165) is 34.3 Å². The maximum Gasteiger partial charge on any atom is 0.129 e. The SMILES string of the molecule is C#CC1=CCC=NCC1N(C)c1cc2cccc(OC)c2cn1. The number of allylic oxidation sites excluding steroid dienone is 1. The predicted molar refractivity (Wildman–Crippen MR) is 95.4 cm³/mol. The van der Waals surface area contributed by atoms with Crippen LogP contribution in [0.15, 0.2) is 47.1 Å². The molecule has 3 rings (SSSR count). The van der Waals surface area contributed by atoms with Crippen LogP contribution in [0.3, 0.4) is 0 Å². The molecule has 116 valence electrons. The topological polar surface area (TPSA) is 37.7 Å². The van der Waals surface area contributed by atoms with Gasteiger partial charge in [-0.1, -0.05) is 24.1 Å². The van der Waals surface area contributed by atoms with Crippen molar-refractivity contribution in [1.29, 1.82) is 0 Å². The molecule has 0 radical (unpaired) electrons. The maximum atomic E-state index is 5.67. The Hall–Kier alpha value is -2.80. The number of nitrogens with zero attached hydrogens (tertiary/aromatic N) is 3. The van der Waals surface area contributed by atoms with Crippen LogP contribution >= 0.6 is 0 Å². The molecule has 0 saturated carbocycles. The van der Waals surface area contributed by atoms with E-state index >= 15 is 0 Å². The van der Waals surface area contributed by atoms with Gasteiger partial charge in [0.2, 0.25) is 0 Å². The fourth-order valence-electron chi connectivity index (χ4n) is 2.81. The number of anilines is 1. The van der Waals surface area contributed by atoms with Gasteiger partial charge in [-0.15, -0.1) is 6.42 Å². The third-order valence-corrected chi connectivity index (χ3v) is 4.14. The fraction of sp³-hybridized carbons (Fsp3) is 0.263. The monoisotopic (exact) mass is 305 g/mol. The van der Waals surface area contributed by atoms with E-state index in [0.29, 0.717) is 6.54 Å². The van der Waals surface area contributed by atoms with Gasteiger partial charge in [-0.05, 0) is 17.5 Å². The second-order valence-electron chi connectivity index (χ2n) is 5.44. The highest BCUT2D eigenvalue weighted by Gasteiger charge is 2.20. The number of fused-ring (bicyclic) bond motifs is 1. The van der Waals surface area contributed by atoms with E-state index in [9.17, 15) is 0 Å². The average Bonchev–Trinajstić information content (AvgIpc) is 2.85. The number of terminal acetylenes is 1. The molecule has 1 aromatic carbocycles. The standard InChI is InChI=1S/C19H19N3O/c1-4-14-8-6-10-20-13-17(14)22(2)19-11-15-7-5-9-18(23-3)16(15)12-21-19/h1,5,7-12,17H,6,13H2,2-3H3. The molecule has 0 amide bonds. The first-order chi connectivity index (χ1) is 11.2. The molecule has 0 fully saturated rings. The Morgan fingerprint density at radius 3 is 3.04 bits per heavy atom. The summed E-state index contributed by atoms with van der Waals surface area (Å²) in [7, 11) is 3.67. The molecule has 2 heterocycles. The Morgan fingerprint density at radius 2 is 2.26 bits per heavy atom. The fourth-order valence-corrected chi connectivity index (χ4v) is 2.81. The summed E-state index contributed by atoms with van der Waals surface area (Å²) < 4.78 is 5.39. The number of rotatable bonds is 3. The molecule has 0 aliphatic carbocycles. The Bertz CT molecular complexity index is 817. The van der Waals surface area contributed by atoms with Crippen molar-refractivity contribution in [3.63, 3.8) is 0 Å². The quantitative estimate of drug-likeness (QED) is 0.818. The number of hydrogen-bond donors (Lipinski definition) is 0. The molecular weight excluding hydrogens is 286 g/mol. The van der Waals surface area contributed by atoms with Crippen LogP contribution in [0.1, 0.15) is 6.42 Å². The van der Waals surface area contributed by atoms with E-state index in [1.54, 1.807) is 7.11 Å². The number of aromatic nitrogens is 1. The van der Waals surface area contributed by atoms with Crippen molar-refractivity contribution in [2.75, 3.05) is 25.6 Å². The third-order valence-electron chi connectivity index (χ3n) is 4.14. The largest absolute Gasteiger partial charge is 0.496 e. The Morgan fingerprint density at radius 1 is 1.39 bits per heavy atom. The summed E-state index contributed by atoms with van der Waals surface area (Å²) in [4.78, 5) is 11.1. The van der Waals surface area contributed by atoms with Crippen molar-refractivity contribution < 1.29 is 4.74 Å². The van der Waals surface area contributed by atoms with Crippen LogP contribution in [0.5, 0.6) is 5.75 Å². The van der Waals surface area contributed by atoms with Crippen LogP contribution in [0, 0.1) is 12.3 Å². The van der Waals surface area contributed by atoms with Gasteiger partial charge in [-0.2, -0.15) is 0 Å². The number of hydrogen-bond acceptors (Lipinski definition) is 4. The van der Waals surface area contributed by atoms with Gasteiger partial charge in [-0.3, -0.25) is 4.99 Å². The highest BCUT2D eigenvalue weighted by Crippen LogP contribution is 2.28. The lowest BCUT2D eigenvalue weighted by molar-refractivity contribution is 0.419. The number of methoxy groups -OCH3 is 1. The first kappa shape index (κ1) is 15.1. The normalized spacial score (nSPS) is 17.3. The van der Waals surface area contributed by atoms with Crippen molar-refractivity contribution in [2.45, 2.75) is 12.5 Å². The zero-order valence-electron chi connectivity index (χ0n) is 13.4. The Kier molecular flexibility index (Phi) is 4.29. The van der Waals surface area contributed by atoms with E-state index in [2.05, 4.69) is 39.0 Å². The van der Waals surface area contributed by atoms with Gasteiger partial charge in [0.05, 0.1) is 19.7 Å². The highest BCUT2D eigenvalue weighted by molar-refractivity contribution is 5.89.